The van der Waals surface area contributed by atoms with E-state index < -0.39 is 5.97 Å². The average molecular weight is 322 g/mol. The Balaban J connectivity index is 2.24. The van der Waals surface area contributed by atoms with E-state index in [0.29, 0.717) is 10.6 Å². The number of carbonyl (C=O) groups is 2. The first-order chi connectivity index (χ1) is 10.0. The van der Waals surface area contributed by atoms with Crippen molar-refractivity contribution in [2.24, 2.45) is 0 Å². The lowest BCUT2D eigenvalue weighted by Crippen LogP contribution is -2.14. The summed E-state index contributed by atoms with van der Waals surface area (Å²) in [4.78, 5) is 24.3. The van der Waals surface area contributed by atoms with Crippen LogP contribution in [0.3, 0.4) is 0 Å². The fraction of sp³-hybridized carbons (Fsp3) is 0.0667. The van der Waals surface area contributed by atoms with Crippen molar-refractivity contribution >= 4 is 40.9 Å². The van der Waals surface area contributed by atoms with Crippen molar-refractivity contribution in [2.75, 3.05) is 11.6 Å². The summed E-state index contributed by atoms with van der Waals surface area (Å²) in [5, 5.41) is 12.0. The number of benzene rings is 2. The fourth-order valence-corrected chi connectivity index (χ4v) is 2.32. The van der Waals surface area contributed by atoms with Gasteiger partial charge in [0.1, 0.15) is 0 Å². The molecule has 0 aliphatic carbocycles. The van der Waals surface area contributed by atoms with Gasteiger partial charge >= 0.3 is 5.97 Å². The Labute approximate surface area is 131 Å². The monoisotopic (exact) mass is 321 g/mol. The highest BCUT2D eigenvalue weighted by atomic mass is 35.5. The Morgan fingerprint density at radius 2 is 1.81 bits per heavy atom. The molecule has 2 aromatic rings. The smallest absolute Gasteiger partial charge is 0.337 e. The molecular formula is C15H12ClNO3S. The molecule has 0 spiro atoms. The first-order valence-electron chi connectivity index (χ1n) is 5.99. The Hall–Kier alpha value is -1.98. The molecule has 4 nitrogen and oxygen atoms in total. The molecule has 21 heavy (non-hydrogen) atoms. The molecule has 0 fully saturated rings. The van der Waals surface area contributed by atoms with Crippen LogP contribution in [-0.2, 0) is 0 Å². The van der Waals surface area contributed by atoms with Gasteiger partial charge in [-0.05, 0) is 48.7 Å². The minimum atomic E-state index is -1.15. The molecule has 0 bridgehead atoms. The maximum Gasteiger partial charge on any atom is 0.337 e. The molecule has 0 aromatic heterocycles. The van der Waals surface area contributed by atoms with Gasteiger partial charge in [-0.1, -0.05) is 11.6 Å². The van der Waals surface area contributed by atoms with Crippen LogP contribution in [0.15, 0.2) is 47.4 Å². The van der Waals surface area contributed by atoms with E-state index in [4.69, 9.17) is 16.7 Å². The second-order valence-electron chi connectivity index (χ2n) is 4.18. The van der Waals surface area contributed by atoms with E-state index in [1.807, 2.05) is 18.4 Å². The number of aromatic carboxylic acids is 1. The average Bonchev–Trinajstić information content (AvgIpc) is 2.49. The molecule has 0 saturated carbocycles. The molecular weight excluding hydrogens is 310 g/mol. The van der Waals surface area contributed by atoms with E-state index in [1.165, 1.54) is 18.2 Å². The van der Waals surface area contributed by atoms with Crippen LogP contribution in [0.1, 0.15) is 20.7 Å². The number of amides is 1. The van der Waals surface area contributed by atoms with Gasteiger partial charge in [0.25, 0.3) is 5.91 Å². The highest BCUT2D eigenvalue weighted by molar-refractivity contribution is 7.98. The van der Waals surface area contributed by atoms with Crippen LogP contribution in [0.5, 0.6) is 0 Å². The molecule has 0 unspecified atom stereocenters. The number of anilines is 1. The van der Waals surface area contributed by atoms with Crippen LogP contribution < -0.4 is 5.32 Å². The van der Waals surface area contributed by atoms with Crippen molar-refractivity contribution in [3.8, 4) is 0 Å². The lowest BCUT2D eigenvalue weighted by molar-refractivity contribution is 0.0698. The third kappa shape index (κ3) is 3.77. The van der Waals surface area contributed by atoms with Gasteiger partial charge in [0.2, 0.25) is 0 Å². The van der Waals surface area contributed by atoms with Gasteiger partial charge in [0.15, 0.2) is 0 Å². The van der Waals surface area contributed by atoms with Gasteiger partial charge in [-0.3, -0.25) is 4.79 Å². The van der Waals surface area contributed by atoms with Crippen LogP contribution >= 0.6 is 23.4 Å². The highest BCUT2D eigenvalue weighted by Gasteiger charge is 2.14. The Morgan fingerprint density at radius 3 is 2.38 bits per heavy atom. The van der Waals surface area contributed by atoms with Gasteiger partial charge < -0.3 is 10.4 Å². The van der Waals surface area contributed by atoms with Crippen LogP contribution in [0.4, 0.5) is 5.69 Å². The van der Waals surface area contributed by atoms with Crippen molar-refractivity contribution in [1.29, 1.82) is 0 Å². The van der Waals surface area contributed by atoms with Gasteiger partial charge in [-0.15, -0.1) is 11.8 Å². The zero-order chi connectivity index (χ0) is 15.4. The first-order valence-corrected chi connectivity index (χ1v) is 7.60. The topological polar surface area (TPSA) is 66.4 Å². The molecule has 2 rings (SSSR count). The summed E-state index contributed by atoms with van der Waals surface area (Å²) in [6, 6.07) is 11.4. The largest absolute Gasteiger partial charge is 0.478 e. The number of hydrogen-bond donors (Lipinski definition) is 2. The number of thioether (sulfide) groups is 1. The van der Waals surface area contributed by atoms with Crippen molar-refractivity contribution in [3.63, 3.8) is 0 Å². The van der Waals surface area contributed by atoms with E-state index >= 15 is 0 Å². The van der Waals surface area contributed by atoms with Crippen LogP contribution in [0.25, 0.3) is 0 Å². The second kappa shape index (κ2) is 6.65. The highest BCUT2D eigenvalue weighted by Crippen LogP contribution is 2.22. The van der Waals surface area contributed by atoms with Crippen LogP contribution in [0.2, 0.25) is 5.02 Å². The van der Waals surface area contributed by atoms with E-state index in [2.05, 4.69) is 5.32 Å². The minimum Gasteiger partial charge on any atom is -0.478 e. The number of rotatable bonds is 4. The standard InChI is InChI=1S/C15H12ClNO3S/c1-21-11-5-2-9(3-6-11)14(18)17-13-7-4-10(16)8-12(13)15(19)20/h2-8H,1H3,(H,17,18)(H,19,20). The summed E-state index contributed by atoms with van der Waals surface area (Å²) in [5.74, 6) is -1.52. The van der Waals surface area contributed by atoms with E-state index in [0.717, 1.165) is 4.90 Å². The maximum atomic E-state index is 12.1. The lowest BCUT2D eigenvalue weighted by Gasteiger charge is -2.09. The summed E-state index contributed by atoms with van der Waals surface area (Å²) in [6.45, 7) is 0. The third-order valence-electron chi connectivity index (χ3n) is 2.81. The molecule has 0 aliphatic heterocycles. The Bertz CT molecular complexity index is 686. The van der Waals surface area contributed by atoms with Crippen molar-refractivity contribution in [3.05, 3.63) is 58.6 Å². The lowest BCUT2D eigenvalue weighted by atomic mass is 10.1. The third-order valence-corrected chi connectivity index (χ3v) is 3.79. The van der Waals surface area contributed by atoms with Crippen molar-refractivity contribution in [2.45, 2.75) is 4.90 Å². The minimum absolute atomic E-state index is 0.0448. The van der Waals surface area contributed by atoms with Gasteiger partial charge in [-0.25, -0.2) is 4.79 Å². The molecule has 2 aromatic carbocycles. The zero-order valence-electron chi connectivity index (χ0n) is 11.1. The quantitative estimate of drug-likeness (QED) is 0.835. The molecule has 0 heterocycles. The van der Waals surface area contributed by atoms with Crippen LogP contribution in [0, 0.1) is 0 Å². The molecule has 0 aliphatic rings. The number of nitrogens with one attached hydrogen (secondary N) is 1. The molecule has 1 amide bonds. The normalized spacial score (nSPS) is 10.2. The first kappa shape index (κ1) is 15.4. The predicted octanol–water partition coefficient (Wildman–Crippen LogP) is 4.01. The second-order valence-corrected chi connectivity index (χ2v) is 5.49. The van der Waals surface area contributed by atoms with E-state index in [-0.39, 0.29) is 17.2 Å². The maximum absolute atomic E-state index is 12.1. The molecule has 6 heteroatoms. The molecule has 0 saturated heterocycles. The summed E-state index contributed by atoms with van der Waals surface area (Å²) < 4.78 is 0. The number of carboxylic acids is 1. The number of hydrogen-bond acceptors (Lipinski definition) is 3. The Morgan fingerprint density at radius 1 is 1.14 bits per heavy atom. The van der Waals surface area contributed by atoms with Gasteiger partial charge in [-0.2, -0.15) is 0 Å². The van der Waals surface area contributed by atoms with E-state index in [9.17, 15) is 9.59 Å². The summed E-state index contributed by atoms with van der Waals surface area (Å²) in [7, 11) is 0. The summed E-state index contributed by atoms with van der Waals surface area (Å²) in [5.41, 5.74) is 0.626. The molecule has 2 N–H and O–H groups in total. The molecule has 0 radical (unpaired) electrons. The summed E-state index contributed by atoms with van der Waals surface area (Å²) in [6.07, 6.45) is 1.95. The zero-order valence-corrected chi connectivity index (χ0v) is 12.7. The van der Waals surface area contributed by atoms with E-state index in [1.54, 1.807) is 23.9 Å². The van der Waals surface area contributed by atoms with Crippen molar-refractivity contribution < 1.29 is 14.7 Å². The Kier molecular flexibility index (Phi) is 4.88. The van der Waals surface area contributed by atoms with Gasteiger partial charge in [0, 0.05) is 15.5 Å². The predicted molar refractivity (Wildman–Crippen MR) is 84.6 cm³/mol. The van der Waals surface area contributed by atoms with Crippen LogP contribution in [-0.4, -0.2) is 23.2 Å². The van der Waals surface area contributed by atoms with Gasteiger partial charge in [0.05, 0.1) is 11.3 Å². The number of carbonyl (C=O) groups excluding carboxylic acids is 1. The fourth-order valence-electron chi connectivity index (χ4n) is 1.74. The number of carboxylic acid groups (broad SMARTS) is 1. The number of halogens is 1. The molecule has 108 valence electrons. The van der Waals surface area contributed by atoms with Crippen molar-refractivity contribution in [1.82, 2.24) is 0 Å². The SMILES string of the molecule is CSc1ccc(C(=O)Nc2ccc(Cl)cc2C(=O)O)cc1. The summed E-state index contributed by atoms with van der Waals surface area (Å²) >= 11 is 7.35. The molecule has 0 atom stereocenters.